The van der Waals surface area contributed by atoms with Crippen molar-refractivity contribution < 1.29 is 9.59 Å². The second kappa shape index (κ2) is 9.45. The molecule has 6 rings (SSSR count). The number of nitrogens with one attached hydrogen (secondary N) is 2. The summed E-state index contributed by atoms with van der Waals surface area (Å²) in [6.45, 7) is 0.723. The third-order valence-corrected chi connectivity index (χ3v) is 8.32. The number of fused-ring (bicyclic) bond motifs is 3. The van der Waals surface area contributed by atoms with E-state index in [2.05, 4.69) is 43.3 Å². The Balaban J connectivity index is 1.28. The molecule has 0 unspecified atom stereocenters. The van der Waals surface area contributed by atoms with E-state index in [0.717, 1.165) is 50.2 Å². The fraction of sp³-hybridized carbons (Fsp3) is 0.414. The van der Waals surface area contributed by atoms with Crippen molar-refractivity contribution in [3.8, 4) is 0 Å². The van der Waals surface area contributed by atoms with Gasteiger partial charge >= 0.3 is 0 Å². The van der Waals surface area contributed by atoms with Crippen molar-refractivity contribution in [1.82, 2.24) is 19.8 Å². The molecule has 7 heteroatoms. The van der Waals surface area contributed by atoms with Gasteiger partial charge in [-0.25, -0.2) is 4.98 Å². The minimum atomic E-state index is -0.196. The molecule has 0 bridgehead atoms. The lowest BCUT2D eigenvalue weighted by Crippen LogP contribution is -2.50. The Hall–Kier alpha value is -3.61. The number of amides is 2. The van der Waals surface area contributed by atoms with Gasteiger partial charge in [0.25, 0.3) is 5.91 Å². The van der Waals surface area contributed by atoms with Crippen LogP contribution in [0.2, 0.25) is 0 Å². The number of imidazole rings is 1. The second-order valence-corrected chi connectivity index (χ2v) is 10.4. The normalized spacial score (nSPS) is 27.0. The minimum Gasteiger partial charge on any atom is -0.375 e. The van der Waals surface area contributed by atoms with Crippen molar-refractivity contribution in [2.75, 3.05) is 11.9 Å². The van der Waals surface area contributed by atoms with Crippen molar-refractivity contribution in [1.29, 1.82) is 0 Å². The van der Waals surface area contributed by atoms with Gasteiger partial charge in [0.15, 0.2) is 0 Å². The predicted octanol–water partition coefficient (Wildman–Crippen LogP) is 4.47. The summed E-state index contributed by atoms with van der Waals surface area (Å²) in [5.41, 5.74) is 2.89. The highest BCUT2D eigenvalue weighted by molar-refractivity contribution is 5.94. The molecule has 2 amide bonds. The number of rotatable bonds is 4. The summed E-state index contributed by atoms with van der Waals surface area (Å²) >= 11 is 0. The maximum Gasteiger partial charge on any atom is 0.251 e. The van der Waals surface area contributed by atoms with Crippen molar-refractivity contribution in [2.45, 2.75) is 50.2 Å². The molecular weight excluding hydrogens is 450 g/mol. The number of anilines is 1. The Labute approximate surface area is 211 Å². The van der Waals surface area contributed by atoms with Crippen LogP contribution in [0.1, 0.15) is 65.9 Å². The third-order valence-electron chi connectivity index (χ3n) is 8.32. The molecule has 0 spiro atoms. The highest BCUT2D eigenvalue weighted by atomic mass is 16.2. The summed E-state index contributed by atoms with van der Waals surface area (Å²) in [6, 6.07) is 17.6. The van der Waals surface area contributed by atoms with E-state index in [9.17, 15) is 9.59 Å². The number of hydrogen-bond acceptors (Lipinski definition) is 4. The molecule has 0 radical (unpaired) electrons. The Kier molecular flexibility index (Phi) is 5.99. The van der Waals surface area contributed by atoms with Crippen LogP contribution in [0.3, 0.4) is 0 Å². The number of likely N-dealkylation sites (tertiary alicyclic amines) is 1. The first kappa shape index (κ1) is 22.8. The molecule has 3 heterocycles. The van der Waals surface area contributed by atoms with E-state index in [1.54, 1.807) is 0 Å². The zero-order valence-electron chi connectivity index (χ0n) is 20.6. The lowest BCUT2D eigenvalue weighted by Gasteiger charge is -2.41. The van der Waals surface area contributed by atoms with Gasteiger partial charge in [-0.05, 0) is 43.0 Å². The summed E-state index contributed by atoms with van der Waals surface area (Å²) < 4.78 is 2.07. The summed E-state index contributed by atoms with van der Waals surface area (Å²) in [4.78, 5) is 33.9. The van der Waals surface area contributed by atoms with Gasteiger partial charge in [-0.1, -0.05) is 49.2 Å². The van der Waals surface area contributed by atoms with Crippen molar-refractivity contribution >= 4 is 17.5 Å². The molecule has 1 saturated heterocycles. The van der Waals surface area contributed by atoms with E-state index < -0.39 is 0 Å². The number of para-hydroxylation sites is 1. The number of aromatic nitrogens is 2. The van der Waals surface area contributed by atoms with Crippen LogP contribution >= 0.6 is 0 Å². The van der Waals surface area contributed by atoms with Crippen LogP contribution in [0.15, 0.2) is 67.0 Å². The standard InChI is InChI=1S/C29H33N5O2/c1-33-18-16-30-27(33)25-22-15-17-34(26(22)20-11-5-7-13-23(20)31-25)29(36)21-12-6-8-14-24(21)32-28(35)19-9-3-2-4-10-19/h2-5,7,9-11,13,16,18,21-22,24-26,31H,6,8,12,14-15,17H2,1H3,(H,32,35)/t21-,22+,24+,25+,26-/m0/s1. The van der Waals surface area contributed by atoms with E-state index in [1.165, 1.54) is 5.56 Å². The SMILES string of the molecule is Cn1ccnc1[C@@H]1Nc2ccccc2[C@H]2[C@@H]1CCN2C(=O)[C@H]1CCCC[C@H]1NC(=O)c1ccccc1. The molecule has 3 aliphatic rings. The van der Waals surface area contributed by atoms with Crippen molar-refractivity contribution in [2.24, 2.45) is 18.9 Å². The van der Waals surface area contributed by atoms with E-state index in [0.29, 0.717) is 5.56 Å². The largest absolute Gasteiger partial charge is 0.375 e. The number of hydrogen-bond donors (Lipinski definition) is 2. The molecule has 1 saturated carbocycles. The van der Waals surface area contributed by atoms with Crippen LogP contribution in [-0.2, 0) is 11.8 Å². The highest BCUT2D eigenvalue weighted by Crippen LogP contribution is 2.51. The number of nitrogens with zero attached hydrogens (tertiary/aromatic N) is 3. The molecule has 7 nitrogen and oxygen atoms in total. The molecule has 5 atom stereocenters. The second-order valence-electron chi connectivity index (χ2n) is 10.4. The van der Waals surface area contributed by atoms with E-state index in [-0.39, 0.29) is 41.8 Å². The van der Waals surface area contributed by atoms with Gasteiger partial charge in [0.2, 0.25) is 5.91 Å². The number of aryl methyl sites for hydroxylation is 1. The molecule has 3 aromatic rings. The summed E-state index contributed by atoms with van der Waals surface area (Å²) in [5.74, 6) is 1.13. The topological polar surface area (TPSA) is 79.3 Å². The Bertz CT molecular complexity index is 1260. The summed E-state index contributed by atoms with van der Waals surface area (Å²) in [7, 11) is 2.03. The average Bonchev–Trinajstić information content (AvgIpc) is 3.55. The summed E-state index contributed by atoms with van der Waals surface area (Å²) in [6.07, 6.45) is 8.44. The fourth-order valence-corrected chi connectivity index (χ4v) is 6.56. The van der Waals surface area contributed by atoms with Gasteiger partial charge in [-0.3, -0.25) is 9.59 Å². The molecule has 1 aromatic heterocycles. The van der Waals surface area contributed by atoms with E-state index in [4.69, 9.17) is 0 Å². The van der Waals surface area contributed by atoms with E-state index in [1.807, 2.05) is 55.8 Å². The molecule has 36 heavy (non-hydrogen) atoms. The van der Waals surface area contributed by atoms with Crippen LogP contribution in [0.25, 0.3) is 0 Å². The lowest BCUT2D eigenvalue weighted by atomic mass is 9.80. The first-order chi connectivity index (χ1) is 17.6. The maximum atomic E-state index is 14.2. The van der Waals surface area contributed by atoms with Gasteiger partial charge in [-0.15, -0.1) is 0 Å². The van der Waals surface area contributed by atoms with Crippen LogP contribution in [0.5, 0.6) is 0 Å². The van der Waals surface area contributed by atoms with Gasteiger partial charge in [0.05, 0.1) is 18.0 Å². The fourth-order valence-electron chi connectivity index (χ4n) is 6.56. The lowest BCUT2D eigenvalue weighted by molar-refractivity contribution is -0.138. The molecule has 2 N–H and O–H groups in total. The van der Waals surface area contributed by atoms with Crippen LogP contribution in [-0.4, -0.2) is 38.9 Å². The molecule has 2 aromatic carbocycles. The Morgan fingerprint density at radius 1 is 1.00 bits per heavy atom. The van der Waals surface area contributed by atoms with Gasteiger partial charge < -0.3 is 20.1 Å². The monoisotopic (exact) mass is 483 g/mol. The predicted molar refractivity (Wildman–Crippen MR) is 138 cm³/mol. The smallest absolute Gasteiger partial charge is 0.251 e. The van der Waals surface area contributed by atoms with Gasteiger partial charge in [0.1, 0.15) is 5.82 Å². The molecule has 1 aliphatic carbocycles. The Morgan fingerprint density at radius 2 is 1.78 bits per heavy atom. The summed E-state index contributed by atoms with van der Waals surface area (Å²) in [5, 5.41) is 6.93. The quantitative estimate of drug-likeness (QED) is 0.574. The van der Waals surface area contributed by atoms with Gasteiger partial charge in [-0.2, -0.15) is 0 Å². The number of carbonyl (C=O) groups excluding carboxylic acids is 2. The molecule has 2 fully saturated rings. The van der Waals surface area contributed by atoms with Gasteiger partial charge in [0, 0.05) is 49.2 Å². The third kappa shape index (κ3) is 3.96. The number of carbonyl (C=O) groups is 2. The molecule has 186 valence electrons. The van der Waals surface area contributed by atoms with Crippen molar-refractivity contribution in [3.63, 3.8) is 0 Å². The van der Waals surface area contributed by atoms with Crippen LogP contribution < -0.4 is 10.6 Å². The first-order valence-corrected chi connectivity index (χ1v) is 13.1. The maximum absolute atomic E-state index is 14.2. The highest BCUT2D eigenvalue weighted by Gasteiger charge is 2.49. The zero-order chi connectivity index (χ0) is 24.6. The number of benzene rings is 2. The average molecular weight is 484 g/mol. The first-order valence-electron chi connectivity index (χ1n) is 13.1. The molecule has 2 aliphatic heterocycles. The van der Waals surface area contributed by atoms with E-state index >= 15 is 0 Å². The minimum absolute atomic E-state index is 0.00375. The zero-order valence-corrected chi connectivity index (χ0v) is 20.6. The van der Waals surface area contributed by atoms with Crippen LogP contribution in [0.4, 0.5) is 5.69 Å². The van der Waals surface area contributed by atoms with Crippen molar-refractivity contribution in [3.05, 3.63) is 83.9 Å². The van der Waals surface area contributed by atoms with Crippen LogP contribution in [0, 0.1) is 11.8 Å². The Morgan fingerprint density at radius 3 is 2.58 bits per heavy atom. The molecular formula is C29H33N5O2.